The summed E-state index contributed by atoms with van der Waals surface area (Å²) >= 11 is 0. The van der Waals surface area contributed by atoms with E-state index >= 15 is 0 Å². The molecule has 0 fully saturated rings. The smallest absolute Gasteiger partial charge is 0.341 e. The topological polar surface area (TPSA) is 94.6 Å². The van der Waals surface area contributed by atoms with Crippen molar-refractivity contribution in [1.82, 2.24) is 4.57 Å². The molecule has 0 radical (unpaired) electrons. The first kappa shape index (κ1) is 20.8. The van der Waals surface area contributed by atoms with Crippen molar-refractivity contribution in [2.24, 2.45) is 5.73 Å². The van der Waals surface area contributed by atoms with Crippen molar-refractivity contribution in [2.45, 2.75) is 38.1 Å². The molecular weight excluding hydrogens is 406 g/mol. The normalized spacial score (nSPS) is 16.0. The molecule has 0 bridgehead atoms. The summed E-state index contributed by atoms with van der Waals surface area (Å²) < 4.78 is 35.6. The Hall–Kier alpha value is -3.42. The molecule has 1 unspecified atom stereocenters. The average Bonchev–Trinajstić information content (AvgIpc) is 2.88. The lowest BCUT2D eigenvalue weighted by atomic mass is 9.92. The minimum absolute atomic E-state index is 0.0588. The van der Waals surface area contributed by atoms with Gasteiger partial charge in [0.25, 0.3) is 0 Å². The lowest BCUT2D eigenvalue weighted by Crippen LogP contribution is -2.21. The first-order valence-corrected chi connectivity index (χ1v) is 10.1. The van der Waals surface area contributed by atoms with Gasteiger partial charge in [-0.3, -0.25) is 4.79 Å². The zero-order valence-electron chi connectivity index (χ0n) is 16.7. The molecule has 1 aliphatic carbocycles. The SMILES string of the molecule is NC(=O)C1CCCCc2c1c1c(OCC(=O)O)cccc1n2Cc1cccc(F)c1F. The van der Waals surface area contributed by atoms with Crippen molar-refractivity contribution in [3.05, 3.63) is 64.9 Å². The lowest BCUT2D eigenvalue weighted by Gasteiger charge is -2.14. The standard InChI is InChI=1S/C23H22F2N2O4/c24-15-7-3-5-13(22(15)25)11-27-16-8-2-1-6-14(23(26)30)20(16)21-17(27)9-4-10-18(21)31-12-19(28)29/h3-5,7,9-10,14H,1-2,6,8,11-12H2,(H2,26,30)(H,28,29). The number of fused-ring (bicyclic) bond motifs is 3. The number of rotatable bonds is 6. The Labute approximate surface area is 177 Å². The van der Waals surface area contributed by atoms with Gasteiger partial charge in [-0.05, 0) is 43.0 Å². The van der Waals surface area contributed by atoms with Gasteiger partial charge < -0.3 is 20.1 Å². The highest BCUT2D eigenvalue weighted by Crippen LogP contribution is 2.42. The molecule has 2 aromatic carbocycles. The van der Waals surface area contributed by atoms with Crippen LogP contribution in [0.4, 0.5) is 8.78 Å². The number of benzene rings is 2. The van der Waals surface area contributed by atoms with Gasteiger partial charge in [-0.2, -0.15) is 0 Å². The first-order chi connectivity index (χ1) is 14.9. The lowest BCUT2D eigenvalue weighted by molar-refractivity contribution is -0.139. The molecular formula is C23H22F2N2O4. The molecule has 1 heterocycles. The van der Waals surface area contributed by atoms with E-state index in [2.05, 4.69) is 0 Å². The van der Waals surface area contributed by atoms with E-state index in [0.717, 1.165) is 24.6 Å². The largest absolute Gasteiger partial charge is 0.481 e. The summed E-state index contributed by atoms with van der Waals surface area (Å²) in [6, 6.07) is 9.18. The molecule has 1 amide bonds. The molecule has 1 aliphatic rings. The van der Waals surface area contributed by atoms with Gasteiger partial charge in [0.2, 0.25) is 5.91 Å². The monoisotopic (exact) mass is 428 g/mol. The van der Waals surface area contributed by atoms with Crippen LogP contribution in [0.25, 0.3) is 10.9 Å². The third-order valence-electron chi connectivity index (χ3n) is 5.76. The van der Waals surface area contributed by atoms with Crippen molar-refractivity contribution in [1.29, 1.82) is 0 Å². The van der Waals surface area contributed by atoms with E-state index in [9.17, 15) is 18.4 Å². The molecule has 0 saturated heterocycles. The Bertz CT molecular complexity index is 1170. The molecule has 6 nitrogen and oxygen atoms in total. The summed E-state index contributed by atoms with van der Waals surface area (Å²) in [6.07, 6.45) is 2.78. The number of hydrogen-bond acceptors (Lipinski definition) is 3. The van der Waals surface area contributed by atoms with Gasteiger partial charge >= 0.3 is 5.97 Å². The predicted molar refractivity (Wildman–Crippen MR) is 110 cm³/mol. The number of carboxylic acids is 1. The Balaban J connectivity index is 1.96. The van der Waals surface area contributed by atoms with Crippen LogP contribution in [0, 0.1) is 11.6 Å². The number of nitrogens with zero attached hydrogens (tertiary/aromatic N) is 1. The summed E-state index contributed by atoms with van der Waals surface area (Å²) in [7, 11) is 0. The number of halogens is 2. The summed E-state index contributed by atoms with van der Waals surface area (Å²) in [5.74, 6) is -3.71. The minimum Gasteiger partial charge on any atom is -0.481 e. The third kappa shape index (κ3) is 3.85. The van der Waals surface area contributed by atoms with Crippen LogP contribution in [-0.2, 0) is 22.6 Å². The fourth-order valence-corrected chi connectivity index (χ4v) is 4.45. The quantitative estimate of drug-likeness (QED) is 0.585. The Morgan fingerprint density at radius 1 is 1.16 bits per heavy atom. The van der Waals surface area contributed by atoms with Crippen molar-refractivity contribution in [2.75, 3.05) is 6.61 Å². The Morgan fingerprint density at radius 2 is 1.94 bits per heavy atom. The van der Waals surface area contributed by atoms with Crippen molar-refractivity contribution >= 4 is 22.8 Å². The van der Waals surface area contributed by atoms with Crippen molar-refractivity contribution in [3.63, 3.8) is 0 Å². The van der Waals surface area contributed by atoms with Crippen LogP contribution >= 0.6 is 0 Å². The zero-order chi connectivity index (χ0) is 22.1. The number of aromatic nitrogens is 1. The summed E-state index contributed by atoms with van der Waals surface area (Å²) in [4.78, 5) is 23.4. The van der Waals surface area contributed by atoms with Gasteiger partial charge in [-0.1, -0.05) is 24.6 Å². The van der Waals surface area contributed by atoms with Crippen LogP contribution in [0.2, 0.25) is 0 Å². The van der Waals surface area contributed by atoms with E-state index in [1.807, 2.05) is 4.57 Å². The van der Waals surface area contributed by atoms with Crippen LogP contribution in [0.3, 0.4) is 0 Å². The van der Waals surface area contributed by atoms with Crippen LogP contribution in [0.15, 0.2) is 36.4 Å². The number of carbonyl (C=O) groups is 2. The maximum Gasteiger partial charge on any atom is 0.341 e. The van der Waals surface area contributed by atoms with Gasteiger partial charge in [-0.25, -0.2) is 13.6 Å². The van der Waals surface area contributed by atoms with Crippen LogP contribution < -0.4 is 10.5 Å². The number of carbonyl (C=O) groups excluding carboxylic acids is 1. The van der Waals surface area contributed by atoms with Gasteiger partial charge in [0.15, 0.2) is 18.2 Å². The van der Waals surface area contributed by atoms with Gasteiger partial charge in [0.05, 0.1) is 18.0 Å². The summed E-state index contributed by atoms with van der Waals surface area (Å²) in [6.45, 7) is -0.484. The number of primary amides is 1. The second kappa shape index (κ2) is 8.37. The maximum atomic E-state index is 14.4. The third-order valence-corrected chi connectivity index (χ3v) is 5.76. The second-order valence-electron chi connectivity index (χ2n) is 7.69. The molecule has 31 heavy (non-hydrogen) atoms. The molecule has 3 N–H and O–H groups in total. The molecule has 162 valence electrons. The Morgan fingerprint density at radius 3 is 2.68 bits per heavy atom. The van der Waals surface area contributed by atoms with Gasteiger partial charge in [0, 0.05) is 16.6 Å². The maximum absolute atomic E-state index is 14.4. The highest BCUT2D eigenvalue weighted by atomic mass is 19.2. The average molecular weight is 428 g/mol. The predicted octanol–water partition coefficient (Wildman–Crippen LogP) is 3.73. The Kier molecular flexibility index (Phi) is 5.63. The highest BCUT2D eigenvalue weighted by molar-refractivity contribution is 5.97. The van der Waals surface area contributed by atoms with Gasteiger partial charge in [0.1, 0.15) is 5.75 Å². The molecule has 1 atom stereocenters. The van der Waals surface area contributed by atoms with E-state index in [1.165, 1.54) is 12.1 Å². The number of aliphatic carboxylic acids is 1. The number of carboxylic acid groups (broad SMARTS) is 1. The number of amides is 1. The fourth-order valence-electron chi connectivity index (χ4n) is 4.45. The summed E-state index contributed by atoms with van der Waals surface area (Å²) in [5.41, 5.74) is 8.07. The number of nitrogens with two attached hydrogens (primary N) is 1. The van der Waals surface area contributed by atoms with E-state index in [1.54, 1.807) is 18.2 Å². The highest BCUT2D eigenvalue weighted by Gasteiger charge is 2.31. The molecule has 0 spiro atoms. The van der Waals surface area contributed by atoms with E-state index in [-0.39, 0.29) is 12.1 Å². The van der Waals surface area contributed by atoms with Crippen molar-refractivity contribution < 1.29 is 28.2 Å². The molecule has 4 rings (SSSR count). The van der Waals surface area contributed by atoms with Crippen LogP contribution in [-0.4, -0.2) is 28.2 Å². The first-order valence-electron chi connectivity index (χ1n) is 10.1. The van der Waals surface area contributed by atoms with Crippen LogP contribution in [0.1, 0.15) is 42.0 Å². The number of hydrogen-bond donors (Lipinski definition) is 2. The molecule has 0 saturated carbocycles. The molecule has 1 aromatic heterocycles. The van der Waals surface area contributed by atoms with E-state index in [4.69, 9.17) is 15.6 Å². The van der Waals surface area contributed by atoms with E-state index < -0.39 is 36.0 Å². The molecule has 8 heteroatoms. The summed E-state index contributed by atoms with van der Waals surface area (Å²) in [5, 5.41) is 9.64. The van der Waals surface area contributed by atoms with E-state index in [0.29, 0.717) is 35.1 Å². The minimum atomic E-state index is -1.13. The van der Waals surface area contributed by atoms with Crippen LogP contribution in [0.5, 0.6) is 5.75 Å². The number of ether oxygens (including phenoxy) is 1. The molecule has 3 aromatic rings. The fraction of sp³-hybridized carbons (Fsp3) is 0.304. The zero-order valence-corrected chi connectivity index (χ0v) is 16.7. The molecule has 0 aliphatic heterocycles. The van der Waals surface area contributed by atoms with Crippen molar-refractivity contribution in [3.8, 4) is 5.75 Å². The second-order valence-corrected chi connectivity index (χ2v) is 7.69. The van der Waals surface area contributed by atoms with Gasteiger partial charge in [-0.15, -0.1) is 0 Å².